The Hall–Kier alpha value is -2.88. The first kappa shape index (κ1) is 24.8. The Kier molecular flexibility index (Phi) is 6.34. The topological polar surface area (TPSA) is 104 Å². The van der Waals surface area contributed by atoms with Gasteiger partial charge in [0.05, 0.1) is 16.1 Å². The lowest BCUT2D eigenvalue weighted by Crippen LogP contribution is -2.17. The number of primary sulfonamides is 1. The highest BCUT2D eigenvalue weighted by molar-refractivity contribution is 7.90. The highest BCUT2D eigenvalue weighted by Gasteiger charge is 2.27. The van der Waals surface area contributed by atoms with Crippen molar-refractivity contribution in [3.05, 3.63) is 72.1 Å². The van der Waals surface area contributed by atoms with E-state index in [9.17, 15) is 16.8 Å². The highest BCUT2D eigenvalue weighted by atomic mass is 32.2. The van der Waals surface area contributed by atoms with Crippen LogP contribution in [-0.2, 0) is 26.6 Å². The van der Waals surface area contributed by atoms with Crippen LogP contribution in [0.1, 0.15) is 43.4 Å². The minimum Gasteiger partial charge on any atom is -0.343 e. The monoisotopic (exact) mass is 525 g/mol. The maximum Gasteiger partial charge on any atom is 0.268 e. The number of sulfonamides is 1. The fraction of sp³-hybridized carbons (Fsp3) is 0.333. The molecule has 2 aromatic carbocycles. The highest BCUT2D eigenvalue weighted by Crippen LogP contribution is 2.37. The van der Waals surface area contributed by atoms with Crippen molar-refractivity contribution in [1.29, 1.82) is 0 Å². The van der Waals surface area contributed by atoms with Gasteiger partial charge >= 0.3 is 0 Å². The fourth-order valence-corrected chi connectivity index (χ4v) is 7.71. The number of rotatable bonds is 6. The minimum atomic E-state index is -3.95. The third kappa shape index (κ3) is 4.40. The number of aromatic nitrogens is 2. The van der Waals surface area contributed by atoms with E-state index in [1.807, 2.05) is 29.7 Å². The first-order valence-corrected chi connectivity index (χ1v) is 15.2. The molecule has 2 N–H and O–H groups in total. The summed E-state index contributed by atoms with van der Waals surface area (Å²) in [7, 11) is -7.84. The van der Waals surface area contributed by atoms with Gasteiger partial charge in [0.15, 0.2) is 0 Å². The van der Waals surface area contributed by atoms with Crippen molar-refractivity contribution in [2.24, 2.45) is 11.1 Å². The zero-order chi connectivity index (χ0) is 25.7. The molecule has 0 spiro atoms. The molecule has 1 saturated carbocycles. The Morgan fingerprint density at radius 3 is 2.33 bits per heavy atom. The maximum atomic E-state index is 13.7. The van der Waals surface area contributed by atoms with Crippen LogP contribution in [0.25, 0.3) is 22.2 Å². The van der Waals surface area contributed by atoms with Crippen LogP contribution in [-0.4, -0.2) is 25.4 Å². The van der Waals surface area contributed by atoms with Gasteiger partial charge in [-0.25, -0.2) is 25.9 Å². The van der Waals surface area contributed by atoms with Crippen molar-refractivity contribution in [3.8, 4) is 11.3 Å². The molecule has 0 unspecified atom stereocenters. The summed E-state index contributed by atoms with van der Waals surface area (Å²) in [5, 5.41) is 6.32. The number of nitrogens with two attached hydrogens (primary N) is 1. The molecule has 2 heterocycles. The van der Waals surface area contributed by atoms with Crippen LogP contribution in [0.3, 0.4) is 0 Å². The number of benzene rings is 2. The lowest BCUT2D eigenvalue weighted by molar-refractivity contribution is 0.318. The van der Waals surface area contributed by atoms with Crippen LogP contribution in [0.5, 0.6) is 0 Å². The predicted octanol–water partition coefficient (Wildman–Crippen LogP) is 5.19. The van der Waals surface area contributed by atoms with Crippen molar-refractivity contribution in [3.63, 3.8) is 0 Å². The number of hydrogen-bond donors (Lipinski definition) is 1. The third-order valence-corrected chi connectivity index (χ3v) is 9.99. The normalized spacial score (nSPS) is 15.5. The van der Waals surface area contributed by atoms with Crippen molar-refractivity contribution < 1.29 is 16.8 Å². The molecule has 1 aliphatic rings. The summed E-state index contributed by atoms with van der Waals surface area (Å²) in [4.78, 5) is 0.278. The van der Waals surface area contributed by atoms with E-state index in [-0.39, 0.29) is 9.79 Å². The number of aryl methyl sites for hydroxylation is 1. The zero-order valence-electron chi connectivity index (χ0n) is 20.5. The van der Waals surface area contributed by atoms with Gasteiger partial charge in [-0.1, -0.05) is 49.6 Å². The van der Waals surface area contributed by atoms with Gasteiger partial charge in [0.1, 0.15) is 4.90 Å². The summed E-state index contributed by atoms with van der Waals surface area (Å²) < 4.78 is 55.7. The average molecular weight is 526 g/mol. The Balaban J connectivity index is 1.74. The quantitative estimate of drug-likeness (QED) is 0.374. The number of nitrogens with zero attached hydrogens (tertiary/aromatic N) is 2. The van der Waals surface area contributed by atoms with E-state index in [0.29, 0.717) is 34.9 Å². The molecule has 4 aromatic rings. The number of hydrogen-bond acceptors (Lipinski definition) is 4. The van der Waals surface area contributed by atoms with Crippen LogP contribution in [0.4, 0.5) is 0 Å². The summed E-state index contributed by atoms with van der Waals surface area (Å²) in [5.74, 6) is 0.432. The molecule has 0 bridgehead atoms. The summed E-state index contributed by atoms with van der Waals surface area (Å²) in [6, 6.07) is 15.7. The van der Waals surface area contributed by atoms with E-state index in [1.165, 1.54) is 10.4 Å². The Morgan fingerprint density at radius 1 is 0.917 bits per heavy atom. The first-order chi connectivity index (χ1) is 17.1. The molecule has 1 fully saturated rings. The second kappa shape index (κ2) is 9.21. The van der Waals surface area contributed by atoms with Gasteiger partial charge < -0.3 is 4.57 Å². The smallest absolute Gasteiger partial charge is 0.268 e. The van der Waals surface area contributed by atoms with E-state index in [0.717, 1.165) is 36.6 Å². The molecular weight excluding hydrogens is 494 g/mol. The van der Waals surface area contributed by atoms with Gasteiger partial charge in [-0.15, -0.1) is 0 Å². The summed E-state index contributed by atoms with van der Waals surface area (Å²) in [5.41, 5.74) is 3.29. The van der Waals surface area contributed by atoms with Crippen molar-refractivity contribution in [2.45, 2.75) is 62.3 Å². The van der Waals surface area contributed by atoms with Crippen LogP contribution in [0.15, 0.2) is 70.6 Å². The van der Waals surface area contributed by atoms with Crippen molar-refractivity contribution in [1.82, 2.24) is 8.54 Å². The lowest BCUT2D eigenvalue weighted by atomic mass is 9.89. The van der Waals surface area contributed by atoms with Gasteiger partial charge in [-0.3, -0.25) is 0 Å². The van der Waals surface area contributed by atoms with Gasteiger partial charge in [-0.05, 0) is 62.4 Å². The minimum absolute atomic E-state index is 0.0756. The maximum absolute atomic E-state index is 13.7. The Bertz CT molecular complexity index is 1660. The number of fused-ring (bicyclic) bond motifs is 1. The number of para-hydroxylation sites is 1. The van der Waals surface area contributed by atoms with Gasteiger partial charge in [0.25, 0.3) is 10.0 Å². The van der Waals surface area contributed by atoms with Crippen LogP contribution < -0.4 is 5.14 Å². The molecule has 1 aliphatic carbocycles. The predicted molar refractivity (Wildman–Crippen MR) is 142 cm³/mol. The average Bonchev–Trinajstić information content (AvgIpc) is 3.38. The molecule has 36 heavy (non-hydrogen) atoms. The van der Waals surface area contributed by atoms with Gasteiger partial charge in [0.2, 0.25) is 10.0 Å². The van der Waals surface area contributed by atoms with Crippen LogP contribution in [0.2, 0.25) is 0 Å². The molecule has 9 heteroatoms. The fourth-order valence-electron chi connectivity index (χ4n) is 5.44. The molecule has 7 nitrogen and oxygen atoms in total. The second-order valence-corrected chi connectivity index (χ2v) is 13.2. The van der Waals surface area contributed by atoms with Crippen molar-refractivity contribution in [2.75, 3.05) is 0 Å². The second-order valence-electron chi connectivity index (χ2n) is 9.82. The van der Waals surface area contributed by atoms with E-state index < -0.39 is 20.0 Å². The van der Waals surface area contributed by atoms with Crippen LogP contribution >= 0.6 is 0 Å². The van der Waals surface area contributed by atoms with E-state index in [4.69, 9.17) is 5.14 Å². The molecule has 0 saturated heterocycles. The molecule has 0 radical (unpaired) electrons. The SMILES string of the molecule is Cc1cccc(S(=O)(=O)n2cc(-c3cc(S(N)(=O)=O)c(C)n3CC3CCCCC3)c3ccccc32)c1. The summed E-state index contributed by atoms with van der Waals surface area (Å²) in [6.07, 6.45) is 7.34. The summed E-state index contributed by atoms with van der Waals surface area (Å²) >= 11 is 0. The van der Waals surface area contributed by atoms with Gasteiger partial charge in [-0.2, -0.15) is 0 Å². The molecule has 190 valence electrons. The first-order valence-electron chi connectivity index (χ1n) is 12.2. The molecule has 5 rings (SSSR count). The Morgan fingerprint density at radius 2 is 1.64 bits per heavy atom. The molecule has 0 aliphatic heterocycles. The third-order valence-electron chi connectivity index (χ3n) is 7.29. The molecular formula is C27H31N3O4S2. The van der Waals surface area contributed by atoms with E-state index in [1.54, 1.807) is 49.5 Å². The van der Waals surface area contributed by atoms with Crippen molar-refractivity contribution >= 4 is 30.9 Å². The molecule has 0 amide bonds. The standard InChI is InChI=1S/C27H31N3O4S2/c1-19-9-8-12-22(15-19)36(33,34)30-18-24(23-13-6-7-14-25(23)30)26-16-27(35(28,31)32)20(2)29(26)17-21-10-4-3-5-11-21/h6-9,12-16,18,21H,3-5,10-11,17H2,1-2H3,(H2,28,31,32). The van der Waals surface area contributed by atoms with Crippen LogP contribution in [0, 0.1) is 19.8 Å². The molecule has 2 aromatic heterocycles. The Labute approximate surface area is 212 Å². The molecule has 0 atom stereocenters. The lowest BCUT2D eigenvalue weighted by Gasteiger charge is -2.24. The largest absolute Gasteiger partial charge is 0.343 e. The van der Waals surface area contributed by atoms with Gasteiger partial charge in [0, 0.05) is 29.4 Å². The van der Waals surface area contributed by atoms with E-state index >= 15 is 0 Å². The van der Waals surface area contributed by atoms with E-state index in [2.05, 4.69) is 0 Å². The summed E-state index contributed by atoms with van der Waals surface area (Å²) in [6.45, 7) is 4.30. The zero-order valence-corrected chi connectivity index (χ0v) is 22.1.